The van der Waals surface area contributed by atoms with Crippen LogP contribution in [0.4, 0.5) is 16.4 Å². The maximum Gasteiger partial charge on any atom is 0.416 e. The third kappa shape index (κ3) is 3.88. The number of ether oxygens (including phenoxy) is 3. The molecule has 2 saturated heterocycles. The first kappa shape index (κ1) is 22.3. The molecule has 3 aliphatic rings. The van der Waals surface area contributed by atoms with E-state index in [0.717, 1.165) is 6.54 Å². The molecule has 3 aromatic heterocycles. The summed E-state index contributed by atoms with van der Waals surface area (Å²) in [7, 11) is 1.56. The van der Waals surface area contributed by atoms with Crippen LogP contribution in [0.3, 0.4) is 0 Å². The molecular weight excluding hydrogens is 468 g/mol. The standard InChI is InChI=1S/C24H24N6O6/c1-34-14-10-17-15(25-11-14)2-5-22(32)29(17)9-8-28-7-6-16-19(12-28)36-24(33)30(16)20-4-3-18-23(26-20)27-21(31)13-35-18/h2-5,10-11,16,19H,6-9,12-13H2,1H3,(H,26,27,31)/t16-,19+/m1/s1. The molecule has 0 unspecified atom stereocenters. The normalized spacial score (nSPS) is 21.4. The van der Waals surface area contributed by atoms with Gasteiger partial charge >= 0.3 is 6.09 Å². The van der Waals surface area contributed by atoms with E-state index >= 15 is 0 Å². The van der Waals surface area contributed by atoms with Gasteiger partial charge in [-0.1, -0.05) is 0 Å². The summed E-state index contributed by atoms with van der Waals surface area (Å²) in [5.41, 5.74) is 1.32. The van der Waals surface area contributed by atoms with Gasteiger partial charge in [-0.25, -0.2) is 9.78 Å². The second-order valence-corrected chi connectivity index (χ2v) is 8.90. The summed E-state index contributed by atoms with van der Waals surface area (Å²) < 4.78 is 18.0. The van der Waals surface area contributed by atoms with Crippen LogP contribution < -0.4 is 25.2 Å². The highest BCUT2D eigenvalue weighted by molar-refractivity contribution is 5.95. The summed E-state index contributed by atoms with van der Waals surface area (Å²) in [5, 5.41) is 2.67. The number of nitrogens with zero attached hydrogens (tertiary/aromatic N) is 5. The van der Waals surface area contributed by atoms with Gasteiger partial charge in [-0.05, 0) is 24.6 Å². The number of fused-ring (bicyclic) bond motifs is 3. The van der Waals surface area contributed by atoms with Gasteiger partial charge in [0.25, 0.3) is 11.5 Å². The molecule has 2 atom stereocenters. The lowest BCUT2D eigenvalue weighted by Gasteiger charge is -2.35. The van der Waals surface area contributed by atoms with Crippen LogP contribution in [0.5, 0.6) is 11.5 Å². The molecule has 12 heteroatoms. The number of amides is 2. The Morgan fingerprint density at radius 1 is 1.17 bits per heavy atom. The Kier molecular flexibility index (Phi) is 5.44. The van der Waals surface area contributed by atoms with Crippen molar-refractivity contribution in [2.24, 2.45) is 0 Å². The van der Waals surface area contributed by atoms with Gasteiger partial charge in [0.15, 0.2) is 18.2 Å². The molecule has 0 aromatic carbocycles. The van der Waals surface area contributed by atoms with E-state index < -0.39 is 6.09 Å². The van der Waals surface area contributed by atoms with E-state index in [1.165, 1.54) is 6.07 Å². The van der Waals surface area contributed by atoms with Crippen molar-refractivity contribution in [3.8, 4) is 11.5 Å². The molecule has 6 heterocycles. The van der Waals surface area contributed by atoms with Gasteiger partial charge in [0.2, 0.25) is 0 Å². The summed E-state index contributed by atoms with van der Waals surface area (Å²) in [5.74, 6) is 1.47. The number of carbonyl (C=O) groups excluding carboxylic acids is 2. The minimum absolute atomic E-state index is 0.0602. The summed E-state index contributed by atoms with van der Waals surface area (Å²) in [4.78, 5) is 49.6. The highest BCUT2D eigenvalue weighted by atomic mass is 16.6. The number of carbonyl (C=O) groups is 2. The topological polar surface area (TPSA) is 128 Å². The summed E-state index contributed by atoms with van der Waals surface area (Å²) in [6.45, 7) is 2.28. The monoisotopic (exact) mass is 492 g/mol. The van der Waals surface area contributed by atoms with Gasteiger partial charge in [0.1, 0.15) is 17.7 Å². The summed E-state index contributed by atoms with van der Waals surface area (Å²) in [6, 6.07) is 8.25. The van der Waals surface area contributed by atoms with Gasteiger partial charge < -0.3 is 24.1 Å². The Morgan fingerprint density at radius 2 is 2.06 bits per heavy atom. The van der Waals surface area contributed by atoms with Crippen molar-refractivity contribution < 1.29 is 23.8 Å². The van der Waals surface area contributed by atoms with Crippen LogP contribution in [0.25, 0.3) is 11.0 Å². The van der Waals surface area contributed by atoms with Gasteiger partial charge in [-0.15, -0.1) is 0 Å². The van der Waals surface area contributed by atoms with Crippen LogP contribution in [-0.4, -0.2) is 76.9 Å². The number of likely N-dealkylation sites (tertiary alicyclic amines) is 1. The number of nitrogens with one attached hydrogen (secondary N) is 1. The SMILES string of the molecule is COc1cnc2ccc(=O)n(CCN3CC[C@@H]4[C@H](C3)OC(=O)N4c3ccc4c(n3)NC(=O)CO4)c2c1. The fourth-order valence-corrected chi connectivity index (χ4v) is 4.99. The Balaban J connectivity index is 1.16. The molecule has 1 N–H and O–H groups in total. The third-order valence-corrected chi connectivity index (χ3v) is 6.78. The highest BCUT2D eigenvalue weighted by Crippen LogP contribution is 2.34. The van der Waals surface area contributed by atoms with Gasteiger partial charge in [0.05, 0.1) is 30.4 Å². The first-order valence-electron chi connectivity index (χ1n) is 11.7. The zero-order valence-corrected chi connectivity index (χ0v) is 19.5. The predicted molar refractivity (Wildman–Crippen MR) is 129 cm³/mol. The molecule has 36 heavy (non-hydrogen) atoms. The fraction of sp³-hybridized carbons (Fsp3) is 0.375. The number of rotatable bonds is 5. The van der Waals surface area contributed by atoms with Gasteiger partial charge in [0, 0.05) is 38.3 Å². The zero-order valence-electron chi connectivity index (χ0n) is 19.5. The van der Waals surface area contributed by atoms with Crippen molar-refractivity contribution in [3.05, 3.63) is 46.9 Å². The maximum atomic E-state index is 12.8. The second kappa shape index (κ2) is 8.79. The average Bonchev–Trinajstić information content (AvgIpc) is 3.22. The molecule has 12 nitrogen and oxygen atoms in total. The van der Waals surface area contributed by atoms with Crippen molar-refractivity contribution in [1.29, 1.82) is 0 Å². The van der Waals surface area contributed by atoms with E-state index in [1.807, 2.05) is 6.07 Å². The Labute approximate surface area is 205 Å². The summed E-state index contributed by atoms with van der Waals surface area (Å²) in [6.07, 6.45) is 1.50. The molecule has 3 aromatic rings. The minimum Gasteiger partial charge on any atom is -0.495 e. The molecule has 0 saturated carbocycles. The average molecular weight is 492 g/mol. The second-order valence-electron chi connectivity index (χ2n) is 8.90. The molecule has 6 rings (SSSR count). The predicted octanol–water partition coefficient (Wildman–Crippen LogP) is 1.23. The van der Waals surface area contributed by atoms with Gasteiger partial charge in [-0.3, -0.25) is 24.4 Å². The van der Waals surface area contributed by atoms with Crippen LogP contribution in [0, 0.1) is 0 Å². The zero-order chi connectivity index (χ0) is 24.8. The van der Waals surface area contributed by atoms with Crippen molar-refractivity contribution in [2.75, 3.05) is 43.6 Å². The first-order valence-corrected chi connectivity index (χ1v) is 11.7. The van der Waals surface area contributed by atoms with E-state index in [1.54, 1.807) is 41.0 Å². The van der Waals surface area contributed by atoms with Crippen LogP contribution in [0.2, 0.25) is 0 Å². The van der Waals surface area contributed by atoms with E-state index in [2.05, 4.69) is 20.2 Å². The van der Waals surface area contributed by atoms with Gasteiger partial charge in [-0.2, -0.15) is 0 Å². The van der Waals surface area contributed by atoms with Crippen LogP contribution in [0.1, 0.15) is 6.42 Å². The number of methoxy groups -OCH3 is 1. The van der Waals surface area contributed by atoms with E-state index in [0.29, 0.717) is 60.2 Å². The Morgan fingerprint density at radius 3 is 2.92 bits per heavy atom. The fourth-order valence-electron chi connectivity index (χ4n) is 4.99. The van der Waals surface area contributed by atoms with Crippen molar-refractivity contribution in [3.63, 3.8) is 0 Å². The maximum absolute atomic E-state index is 12.8. The molecule has 2 fully saturated rings. The lowest BCUT2D eigenvalue weighted by atomic mass is 10.0. The quantitative estimate of drug-likeness (QED) is 0.559. The number of pyridine rings is 3. The minimum atomic E-state index is -0.467. The Hall–Kier alpha value is -4.19. The first-order chi connectivity index (χ1) is 17.5. The largest absolute Gasteiger partial charge is 0.495 e. The van der Waals surface area contributed by atoms with Crippen LogP contribution in [0.15, 0.2) is 41.3 Å². The molecule has 186 valence electrons. The molecular formula is C24H24N6O6. The molecule has 3 aliphatic heterocycles. The smallest absolute Gasteiger partial charge is 0.416 e. The van der Waals surface area contributed by atoms with E-state index in [4.69, 9.17) is 14.2 Å². The van der Waals surface area contributed by atoms with Crippen LogP contribution >= 0.6 is 0 Å². The van der Waals surface area contributed by atoms with Crippen molar-refractivity contribution in [2.45, 2.75) is 25.1 Å². The Bertz CT molecular complexity index is 1420. The molecule has 0 bridgehead atoms. The third-order valence-electron chi connectivity index (χ3n) is 6.78. The number of hydrogen-bond donors (Lipinski definition) is 1. The molecule has 2 amide bonds. The number of aromatic nitrogens is 3. The van der Waals surface area contributed by atoms with E-state index in [9.17, 15) is 14.4 Å². The molecule has 0 aliphatic carbocycles. The van der Waals surface area contributed by atoms with E-state index in [-0.39, 0.29) is 30.2 Å². The number of hydrogen-bond acceptors (Lipinski definition) is 9. The molecule has 0 radical (unpaired) electrons. The van der Waals surface area contributed by atoms with Crippen molar-refractivity contribution >= 4 is 34.7 Å². The number of piperidine rings is 1. The van der Waals surface area contributed by atoms with Crippen LogP contribution in [-0.2, 0) is 16.1 Å². The highest BCUT2D eigenvalue weighted by Gasteiger charge is 2.46. The number of anilines is 2. The lowest BCUT2D eigenvalue weighted by molar-refractivity contribution is -0.118. The summed E-state index contributed by atoms with van der Waals surface area (Å²) >= 11 is 0. The van der Waals surface area contributed by atoms with Crippen molar-refractivity contribution in [1.82, 2.24) is 19.4 Å². The molecule has 0 spiro atoms. The lowest BCUT2D eigenvalue weighted by Crippen LogP contribution is -2.50.